The molecule has 0 bridgehead atoms. The molecule has 51 heavy (non-hydrogen) atoms. The fourth-order valence-corrected chi connectivity index (χ4v) is 5.87. The summed E-state index contributed by atoms with van der Waals surface area (Å²) in [5.41, 5.74) is 8.64. The maximum absolute atomic E-state index is 12.2. The normalized spacial score (nSPS) is 14.7. The molecule has 0 radical (unpaired) electrons. The van der Waals surface area contributed by atoms with E-state index < -0.39 is 5.97 Å². The lowest BCUT2D eigenvalue weighted by atomic mass is 10.1. The van der Waals surface area contributed by atoms with Crippen molar-refractivity contribution in [2.75, 3.05) is 52.4 Å². The number of aromatic amines is 2. The molecule has 1 amide bonds. The molecular formula is C38H50N8O5. The average Bonchev–Trinajstić information content (AvgIpc) is 3.18. The Kier molecular flexibility index (Phi) is 16.2. The van der Waals surface area contributed by atoms with Crippen molar-refractivity contribution >= 4 is 11.9 Å². The molecule has 6 rings (SSSR count). The highest BCUT2D eigenvalue weighted by atomic mass is 16.4. The van der Waals surface area contributed by atoms with Gasteiger partial charge in [-0.2, -0.15) is 10.2 Å². The second kappa shape index (κ2) is 21.3. The Bertz CT molecular complexity index is 1710. The Morgan fingerprint density at radius 1 is 0.647 bits per heavy atom. The number of carbonyl (C=O) groups excluding carboxylic acids is 1. The number of nitrogens with two attached hydrogens (primary N) is 1. The van der Waals surface area contributed by atoms with Crippen molar-refractivity contribution in [1.82, 2.24) is 35.5 Å². The third-order valence-corrected chi connectivity index (χ3v) is 8.74. The molecule has 4 aromatic rings. The molecule has 2 fully saturated rings. The maximum atomic E-state index is 12.2. The van der Waals surface area contributed by atoms with E-state index in [2.05, 4.69) is 35.5 Å². The molecule has 6 N–H and O–H groups in total. The molecule has 0 saturated carbocycles. The monoisotopic (exact) mass is 698 g/mol. The number of nitrogens with one attached hydrogen (secondary N) is 3. The van der Waals surface area contributed by atoms with E-state index >= 15 is 0 Å². The summed E-state index contributed by atoms with van der Waals surface area (Å²) in [5.74, 6) is -1.03. The van der Waals surface area contributed by atoms with E-state index in [1.165, 1.54) is 102 Å². The van der Waals surface area contributed by atoms with Crippen LogP contribution < -0.4 is 22.2 Å². The number of hydrogen-bond acceptors (Lipinski definition) is 9. The largest absolute Gasteiger partial charge is 0.478 e. The van der Waals surface area contributed by atoms with Crippen LogP contribution in [0.15, 0.2) is 82.4 Å². The topological polar surface area (TPSA) is 190 Å². The van der Waals surface area contributed by atoms with E-state index in [0.29, 0.717) is 23.5 Å². The number of rotatable bonds is 11. The number of carboxylic acid groups (broad SMARTS) is 1. The number of carboxylic acids is 1. The summed E-state index contributed by atoms with van der Waals surface area (Å²) >= 11 is 0. The zero-order valence-electron chi connectivity index (χ0n) is 29.2. The highest BCUT2D eigenvalue weighted by Gasteiger charge is 2.11. The highest BCUT2D eigenvalue weighted by molar-refractivity contribution is 5.94. The van der Waals surface area contributed by atoms with E-state index in [0.717, 1.165) is 30.6 Å². The molecule has 2 saturated heterocycles. The Balaban J connectivity index is 0.000000191. The van der Waals surface area contributed by atoms with Crippen molar-refractivity contribution < 1.29 is 14.7 Å². The Morgan fingerprint density at radius 3 is 1.51 bits per heavy atom. The summed E-state index contributed by atoms with van der Waals surface area (Å²) in [6, 6.07) is 19.5. The van der Waals surface area contributed by atoms with Gasteiger partial charge >= 0.3 is 5.97 Å². The van der Waals surface area contributed by atoms with Crippen molar-refractivity contribution in [3.05, 3.63) is 105 Å². The van der Waals surface area contributed by atoms with Crippen molar-refractivity contribution in [2.45, 2.75) is 51.4 Å². The Hall–Kier alpha value is -4.98. The van der Waals surface area contributed by atoms with E-state index in [1.54, 1.807) is 36.4 Å². The zero-order valence-corrected chi connectivity index (χ0v) is 29.2. The van der Waals surface area contributed by atoms with Gasteiger partial charge in [0.1, 0.15) is 0 Å². The minimum atomic E-state index is -0.971. The van der Waals surface area contributed by atoms with Crippen LogP contribution in [0.5, 0.6) is 0 Å². The number of nitrogens with zero attached hydrogens (tertiary/aromatic N) is 4. The number of benzene rings is 2. The van der Waals surface area contributed by atoms with Gasteiger partial charge in [0.15, 0.2) is 0 Å². The molecule has 2 aliphatic heterocycles. The van der Waals surface area contributed by atoms with E-state index in [9.17, 15) is 19.2 Å². The minimum absolute atomic E-state index is 0.0559. The van der Waals surface area contributed by atoms with Gasteiger partial charge in [-0.15, -0.1) is 0 Å². The molecule has 4 heterocycles. The zero-order chi connectivity index (χ0) is 36.3. The average molecular weight is 699 g/mol. The number of aromatic nitrogens is 4. The van der Waals surface area contributed by atoms with Gasteiger partial charge in [0.2, 0.25) is 0 Å². The smallest absolute Gasteiger partial charge is 0.335 e. The fraction of sp³-hybridized carbons (Fsp3) is 0.421. The highest BCUT2D eigenvalue weighted by Crippen LogP contribution is 2.17. The van der Waals surface area contributed by atoms with Crippen LogP contribution in [0, 0.1) is 0 Å². The third kappa shape index (κ3) is 13.7. The van der Waals surface area contributed by atoms with Crippen LogP contribution in [0.1, 0.15) is 72.1 Å². The number of H-pyrrole nitrogens is 2. The number of piperidine rings is 2. The molecule has 13 heteroatoms. The number of aromatic carboxylic acids is 1. The minimum Gasteiger partial charge on any atom is -0.478 e. The van der Waals surface area contributed by atoms with Crippen LogP contribution in [0.2, 0.25) is 0 Å². The van der Waals surface area contributed by atoms with Crippen molar-refractivity contribution in [1.29, 1.82) is 0 Å². The van der Waals surface area contributed by atoms with Crippen LogP contribution in [-0.2, 0) is 0 Å². The lowest BCUT2D eigenvalue weighted by molar-refractivity contribution is 0.0696. The summed E-state index contributed by atoms with van der Waals surface area (Å²) in [5, 5.41) is 24.2. The predicted molar refractivity (Wildman–Crippen MR) is 199 cm³/mol. The molecule has 0 unspecified atom stereocenters. The molecule has 0 aliphatic carbocycles. The van der Waals surface area contributed by atoms with Gasteiger partial charge in [-0.3, -0.25) is 14.4 Å². The molecule has 13 nitrogen and oxygen atoms in total. The first kappa shape index (κ1) is 38.8. The summed E-state index contributed by atoms with van der Waals surface area (Å²) in [4.78, 5) is 49.7. The fourth-order valence-electron chi connectivity index (χ4n) is 5.87. The first-order chi connectivity index (χ1) is 24.8. The first-order valence-electron chi connectivity index (χ1n) is 17.8. The van der Waals surface area contributed by atoms with Crippen molar-refractivity contribution in [3.8, 4) is 22.5 Å². The van der Waals surface area contributed by atoms with Gasteiger partial charge < -0.3 is 26.0 Å². The first-order valence-corrected chi connectivity index (χ1v) is 17.8. The number of likely N-dealkylation sites (tertiary alicyclic amines) is 2. The Labute approximate surface area is 298 Å². The summed E-state index contributed by atoms with van der Waals surface area (Å²) in [7, 11) is 0. The number of hydrogen-bond donors (Lipinski definition) is 5. The van der Waals surface area contributed by atoms with E-state index in [-0.39, 0.29) is 22.6 Å². The predicted octanol–water partition coefficient (Wildman–Crippen LogP) is 4.00. The number of amides is 1. The van der Waals surface area contributed by atoms with E-state index in [4.69, 9.17) is 10.8 Å². The lowest BCUT2D eigenvalue weighted by Crippen LogP contribution is -2.33. The van der Waals surface area contributed by atoms with Gasteiger partial charge in [0, 0.05) is 35.4 Å². The third-order valence-electron chi connectivity index (χ3n) is 8.74. The Morgan fingerprint density at radius 2 is 1.10 bits per heavy atom. The molecular weight excluding hydrogens is 648 g/mol. The summed E-state index contributed by atoms with van der Waals surface area (Å²) in [6.07, 6.45) is 10.3. The van der Waals surface area contributed by atoms with Crippen LogP contribution in [0.3, 0.4) is 0 Å². The van der Waals surface area contributed by atoms with Gasteiger partial charge in [-0.1, -0.05) is 37.1 Å². The van der Waals surface area contributed by atoms with Gasteiger partial charge in [0.25, 0.3) is 17.0 Å². The van der Waals surface area contributed by atoms with Gasteiger partial charge in [-0.05, 0) is 121 Å². The second-order valence-electron chi connectivity index (χ2n) is 12.6. The second-order valence-corrected chi connectivity index (χ2v) is 12.6. The molecule has 2 aromatic carbocycles. The van der Waals surface area contributed by atoms with Gasteiger partial charge in [-0.25, -0.2) is 15.0 Å². The molecule has 0 atom stereocenters. The quantitative estimate of drug-likeness (QED) is 0.143. The lowest BCUT2D eigenvalue weighted by Gasteiger charge is -2.26. The van der Waals surface area contributed by atoms with Crippen LogP contribution >= 0.6 is 0 Å². The van der Waals surface area contributed by atoms with Crippen LogP contribution in [0.4, 0.5) is 0 Å². The van der Waals surface area contributed by atoms with Crippen molar-refractivity contribution in [3.63, 3.8) is 0 Å². The summed E-state index contributed by atoms with van der Waals surface area (Å²) < 4.78 is 0. The van der Waals surface area contributed by atoms with E-state index in [1.807, 2.05) is 12.1 Å². The van der Waals surface area contributed by atoms with Gasteiger partial charge in [0.05, 0.1) is 17.0 Å². The standard InChI is InChI=1S/C19H24N4O2.C11H8N2O3.C8H18N2/c24-18-10-9-17(21-22-18)15-5-7-16(8-6-15)19(25)20-11-4-14-23-12-2-1-3-13-23;14-10-6-5-9(12-13-10)7-1-3-8(4-2-7)11(15)16;9-5-4-8-10-6-2-1-3-7-10/h5-10H,1-4,11-14H2,(H,20,25)(H,22,24);1-6H,(H,13,14)(H,15,16);1-9H2. The van der Waals surface area contributed by atoms with Crippen LogP contribution in [-0.4, -0.2) is 99.5 Å². The molecule has 2 aliphatic rings. The van der Waals surface area contributed by atoms with Crippen molar-refractivity contribution in [2.24, 2.45) is 5.73 Å². The molecule has 2 aromatic heterocycles. The molecule has 272 valence electrons. The molecule has 0 spiro atoms. The van der Waals surface area contributed by atoms with Crippen LogP contribution in [0.25, 0.3) is 22.5 Å². The maximum Gasteiger partial charge on any atom is 0.335 e. The SMILES string of the molecule is NCCCN1CCCCC1.O=C(NCCCN1CCCCC1)c1ccc(-c2ccc(=O)[nH]n2)cc1.O=C(O)c1ccc(-c2ccc(=O)[nH]n2)cc1. The summed E-state index contributed by atoms with van der Waals surface area (Å²) in [6.45, 7) is 8.80. The number of carbonyl (C=O) groups is 2.